The molecular formula is C22H28N4S. The second kappa shape index (κ2) is 7.69. The molecule has 0 spiro atoms. The molecule has 1 atom stereocenters. The van der Waals surface area contributed by atoms with Gasteiger partial charge in [-0.1, -0.05) is 25.1 Å². The van der Waals surface area contributed by atoms with Crippen LogP contribution >= 0.6 is 12.2 Å². The second-order valence-electron chi connectivity index (χ2n) is 7.93. The number of aryl methyl sites for hydroxylation is 1. The van der Waals surface area contributed by atoms with Crippen LogP contribution in [0.3, 0.4) is 0 Å². The molecule has 2 aromatic carbocycles. The molecule has 1 aliphatic heterocycles. The Morgan fingerprint density at radius 1 is 1.26 bits per heavy atom. The molecule has 0 unspecified atom stereocenters. The van der Waals surface area contributed by atoms with Crippen LogP contribution in [0.25, 0.3) is 0 Å². The zero-order valence-corrected chi connectivity index (χ0v) is 17.5. The van der Waals surface area contributed by atoms with Gasteiger partial charge in [0.1, 0.15) is 0 Å². The minimum atomic E-state index is 0.172. The number of nitrogens with one attached hydrogen (secondary N) is 2. The van der Waals surface area contributed by atoms with E-state index in [2.05, 4.69) is 67.6 Å². The van der Waals surface area contributed by atoms with Crippen LogP contribution in [0.2, 0.25) is 0 Å². The van der Waals surface area contributed by atoms with Crippen molar-refractivity contribution in [1.82, 2.24) is 5.43 Å². The number of rotatable bonds is 3. The molecule has 0 aliphatic carbocycles. The fourth-order valence-electron chi connectivity index (χ4n) is 3.71. The second-order valence-corrected chi connectivity index (χ2v) is 8.34. The lowest BCUT2D eigenvalue weighted by Gasteiger charge is -2.45. The number of hydrogen-bond donors (Lipinski definition) is 2. The molecule has 0 saturated carbocycles. The fraction of sp³-hybridized carbons (Fsp3) is 0.364. The molecule has 0 fully saturated rings. The minimum Gasteiger partial charge on any atom is -0.369 e. The summed E-state index contributed by atoms with van der Waals surface area (Å²) in [4.78, 5) is 2.40. The van der Waals surface area contributed by atoms with Crippen molar-refractivity contribution in [2.45, 2.75) is 45.6 Å². The smallest absolute Gasteiger partial charge is 0.191 e. The van der Waals surface area contributed by atoms with Crippen LogP contribution in [0.5, 0.6) is 0 Å². The first-order valence-electron chi connectivity index (χ1n) is 9.31. The lowest BCUT2D eigenvalue weighted by atomic mass is 9.79. The van der Waals surface area contributed by atoms with Crippen LogP contribution in [0.15, 0.2) is 47.6 Å². The normalized spacial score (nSPS) is 18.3. The van der Waals surface area contributed by atoms with Gasteiger partial charge in [-0.25, -0.2) is 0 Å². The predicted molar refractivity (Wildman–Crippen MR) is 120 cm³/mol. The van der Waals surface area contributed by atoms with Gasteiger partial charge < -0.3 is 10.2 Å². The summed E-state index contributed by atoms with van der Waals surface area (Å²) in [6.07, 6.45) is 2.99. The molecule has 1 heterocycles. The highest BCUT2D eigenvalue weighted by Crippen LogP contribution is 2.43. The van der Waals surface area contributed by atoms with Gasteiger partial charge in [-0.15, -0.1) is 0 Å². The van der Waals surface area contributed by atoms with E-state index in [-0.39, 0.29) is 5.54 Å². The molecule has 2 aromatic rings. The van der Waals surface area contributed by atoms with Crippen LogP contribution in [0.1, 0.15) is 49.8 Å². The summed E-state index contributed by atoms with van der Waals surface area (Å²) in [5.41, 5.74) is 9.04. The highest BCUT2D eigenvalue weighted by molar-refractivity contribution is 7.80. The highest BCUT2D eigenvalue weighted by atomic mass is 32.1. The van der Waals surface area contributed by atoms with Crippen molar-refractivity contribution < 1.29 is 0 Å². The lowest BCUT2D eigenvalue weighted by Crippen LogP contribution is -2.45. The molecule has 142 valence electrons. The van der Waals surface area contributed by atoms with E-state index in [1.54, 1.807) is 0 Å². The zero-order valence-electron chi connectivity index (χ0n) is 16.7. The van der Waals surface area contributed by atoms with E-state index in [4.69, 9.17) is 12.2 Å². The van der Waals surface area contributed by atoms with E-state index in [1.165, 1.54) is 16.8 Å². The topological polar surface area (TPSA) is 39.7 Å². The monoisotopic (exact) mass is 380 g/mol. The van der Waals surface area contributed by atoms with Crippen LogP contribution in [-0.2, 0) is 0 Å². The van der Waals surface area contributed by atoms with Gasteiger partial charge in [0.05, 0.1) is 6.21 Å². The van der Waals surface area contributed by atoms with Crippen molar-refractivity contribution in [2.75, 3.05) is 17.3 Å². The number of hydrogen-bond acceptors (Lipinski definition) is 3. The Bertz CT molecular complexity index is 858. The third-order valence-corrected chi connectivity index (χ3v) is 5.62. The maximum Gasteiger partial charge on any atom is 0.191 e. The first-order valence-corrected chi connectivity index (χ1v) is 9.72. The Kier molecular flexibility index (Phi) is 5.51. The van der Waals surface area contributed by atoms with Crippen molar-refractivity contribution in [1.29, 1.82) is 0 Å². The van der Waals surface area contributed by atoms with Crippen molar-refractivity contribution in [3.05, 3.63) is 59.2 Å². The Balaban J connectivity index is 1.73. The first kappa shape index (κ1) is 19.4. The zero-order chi connectivity index (χ0) is 19.6. The first-order chi connectivity index (χ1) is 12.8. The van der Waals surface area contributed by atoms with Gasteiger partial charge in [-0.05, 0) is 86.3 Å². The summed E-state index contributed by atoms with van der Waals surface area (Å²) in [7, 11) is 2.19. The maximum absolute atomic E-state index is 5.30. The van der Waals surface area contributed by atoms with E-state index in [0.29, 0.717) is 11.0 Å². The molecule has 0 radical (unpaired) electrons. The Morgan fingerprint density at radius 3 is 2.67 bits per heavy atom. The minimum absolute atomic E-state index is 0.172. The number of thiocarbonyl (C=S) groups is 1. The molecule has 2 N–H and O–H groups in total. The summed E-state index contributed by atoms with van der Waals surface area (Å²) in [6.45, 7) is 9.05. The lowest BCUT2D eigenvalue weighted by molar-refractivity contribution is 0.395. The van der Waals surface area contributed by atoms with E-state index in [0.717, 1.165) is 17.7 Å². The molecule has 0 amide bonds. The Hall–Kier alpha value is -2.40. The number of fused-ring (bicyclic) bond motifs is 1. The quantitative estimate of drug-likeness (QED) is 0.445. The average molecular weight is 381 g/mol. The third kappa shape index (κ3) is 4.30. The van der Waals surface area contributed by atoms with E-state index in [9.17, 15) is 0 Å². The van der Waals surface area contributed by atoms with Crippen molar-refractivity contribution in [3.63, 3.8) is 0 Å². The highest BCUT2D eigenvalue weighted by Gasteiger charge is 2.34. The SMILES string of the molecule is Cc1cc2c(cc1/C=N/NC(=S)Nc1ccccc1)[C@@H](C)CC(C)(C)N2C. The van der Waals surface area contributed by atoms with Gasteiger partial charge in [-0.3, -0.25) is 5.43 Å². The number of anilines is 2. The molecule has 0 aromatic heterocycles. The Labute approximate surface area is 167 Å². The van der Waals surface area contributed by atoms with Gasteiger partial charge in [0.15, 0.2) is 5.11 Å². The molecule has 3 rings (SSSR count). The van der Waals surface area contributed by atoms with E-state index >= 15 is 0 Å². The molecule has 1 aliphatic rings. The van der Waals surface area contributed by atoms with Crippen LogP contribution in [0, 0.1) is 6.92 Å². The Morgan fingerprint density at radius 2 is 1.96 bits per heavy atom. The van der Waals surface area contributed by atoms with Crippen molar-refractivity contribution >= 4 is 34.9 Å². The van der Waals surface area contributed by atoms with Gasteiger partial charge in [0.25, 0.3) is 0 Å². The number of nitrogens with zero attached hydrogens (tertiary/aromatic N) is 2. The molecule has 4 nitrogen and oxygen atoms in total. The van der Waals surface area contributed by atoms with Crippen LogP contribution in [0.4, 0.5) is 11.4 Å². The maximum atomic E-state index is 5.30. The van der Waals surface area contributed by atoms with Gasteiger partial charge in [0.2, 0.25) is 0 Å². The third-order valence-electron chi connectivity index (χ3n) is 5.42. The van der Waals surface area contributed by atoms with E-state index in [1.807, 2.05) is 36.5 Å². The molecule has 0 saturated heterocycles. The van der Waals surface area contributed by atoms with Gasteiger partial charge in [0, 0.05) is 24.0 Å². The predicted octanol–water partition coefficient (Wildman–Crippen LogP) is 5.04. The van der Waals surface area contributed by atoms with Crippen molar-refractivity contribution in [3.8, 4) is 0 Å². The van der Waals surface area contributed by atoms with Crippen LogP contribution < -0.4 is 15.6 Å². The molecule has 5 heteroatoms. The van der Waals surface area contributed by atoms with Crippen molar-refractivity contribution in [2.24, 2.45) is 5.10 Å². The standard InChI is InChI=1S/C22H28N4S/c1-15-11-20-19(16(2)13-22(3,4)26(20)5)12-17(15)14-23-25-21(27)24-18-9-7-6-8-10-18/h6-12,14,16H,13H2,1-5H3,(H2,24,25,27)/b23-14+/t16-/m0/s1. The summed E-state index contributed by atoms with van der Waals surface area (Å²) in [5, 5.41) is 7.92. The molecular weight excluding hydrogens is 352 g/mol. The summed E-state index contributed by atoms with van der Waals surface area (Å²) in [5.74, 6) is 0.521. The summed E-state index contributed by atoms with van der Waals surface area (Å²) in [6, 6.07) is 14.4. The fourth-order valence-corrected chi connectivity index (χ4v) is 3.89. The number of hydrazone groups is 1. The summed E-state index contributed by atoms with van der Waals surface area (Å²) < 4.78 is 0. The molecule has 0 bridgehead atoms. The van der Waals surface area contributed by atoms with Gasteiger partial charge in [-0.2, -0.15) is 5.10 Å². The number of benzene rings is 2. The molecule has 27 heavy (non-hydrogen) atoms. The average Bonchev–Trinajstić information content (AvgIpc) is 2.61. The summed E-state index contributed by atoms with van der Waals surface area (Å²) >= 11 is 5.30. The number of para-hydroxylation sites is 1. The van der Waals surface area contributed by atoms with Gasteiger partial charge >= 0.3 is 0 Å². The van der Waals surface area contributed by atoms with E-state index < -0.39 is 0 Å². The van der Waals surface area contributed by atoms with Crippen LogP contribution in [-0.4, -0.2) is 23.9 Å². The largest absolute Gasteiger partial charge is 0.369 e.